The topological polar surface area (TPSA) is 84.9 Å². The summed E-state index contributed by atoms with van der Waals surface area (Å²) in [6, 6.07) is 16.2. The molecule has 0 bridgehead atoms. The third kappa shape index (κ3) is 6.33. The number of para-hydroxylation sites is 1. The molecule has 4 rings (SSSR count). The normalized spacial score (nSPS) is 14.3. The Hall–Kier alpha value is -3.34. The fourth-order valence-electron chi connectivity index (χ4n) is 3.38. The molecule has 3 amide bonds. The molecule has 3 aromatic carbocycles. The molecule has 0 radical (unpaired) electrons. The molecular weight excluding hydrogens is 587 g/mol. The number of hydrogen-bond acceptors (Lipinski definition) is 6. The highest BCUT2D eigenvalue weighted by molar-refractivity contribution is 9.10. The van der Waals surface area contributed by atoms with Crippen molar-refractivity contribution in [2.45, 2.75) is 6.61 Å². The van der Waals surface area contributed by atoms with E-state index < -0.39 is 23.6 Å². The Kier molecular flexibility index (Phi) is 8.52. The molecule has 1 N–H and O–H groups in total. The molecular formula is C26H19BrClFN2O5S. The van der Waals surface area contributed by atoms with Crippen LogP contribution in [0.5, 0.6) is 11.5 Å². The van der Waals surface area contributed by atoms with E-state index in [1.165, 1.54) is 19.3 Å². The molecule has 1 saturated heterocycles. The van der Waals surface area contributed by atoms with Crippen molar-refractivity contribution in [1.82, 2.24) is 4.90 Å². The van der Waals surface area contributed by atoms with E-state index in [2.05, 4.69) is 21.2 Å². The molecule has 0 atom stereocenters. The second kappa shape index (κ2) is 11.8. The van der Waals surface area contributed by atoms with Gasteiger partial charge in [0.25, 0.3) is 11.1 Å². The number of imide groups is 1. The zero-order valence-corrected chi connectivity index (χ0v) is 22.5. The number of halogens is 3. The lowest BCUT2D eigenvalue weighted by Gasteiger charge is -2.14. The number of rotatable bonds is 8. The van der Waals surface area contributed by atoms with E-state index in [-0.39, 0.29) is 17.3 Å². The maximum Gasteiger partial charge on any atom is 0.294 e. The molecule has 190 valence electrons. The van der Waals surface area contributed by atoms with E-state index in [1.54, 1.807) is 54.6 Å². The van der Waals surface area contributed by atoms with Gasteiger partial charge in [0.1, 0.15) is 19.0 Å². The summed E-state index contributed by atoms with van der Waals surface area (Å²) in [7, 11) is 1.45. The summed E-state index contributed by atoms with van der Waals surface area (Å²) in [5.41, 5.74) is 1.31. The van der Waals surface area contributed by atoms with E-state index in [9.17, 15) is 18.8 Å². The summed E-state index contributed by atoms with van der Waals surface area (Å²) in [6.07, 6.45) is 1.52. The first kappa shape index (κ1) is 26.7. The summed E-state index contributed by atoms with van der Waals surface area (Å²) < 4.78 is 25.6. The van der Waals surface area contributed by atoms with Crippen LogP contribution in [0.2, 0.25) is 5.02 Å². The van der Waals surface area contributed by atoms with Crippen molar-refractivity contribution in [2.75, 3.05) is 19.0 Å². The van der Waals surface area contributed by atoms with Crippen LogP contribution in [0.25, 0.3) is 6.08 Å². The maximum absolute atomic E-state index is 13.9. The lowest BCUT2D eigenvalue weighted by molar-refractivity contribution is -0.127. The first-order valence-electron chi connectivity index (χ1n) is 10.8. The predicted molar refractivity (Wildman–Crippen MR) is 144 cm³/mol. The van der Waals surface area contributed by atoms with E-state index in [1.807, 2.05) is 0 Å². The van der Waals surface area contributed by atoms with Crippen molar-refractivity contribution >= 4 is 68.1 Å². The fourth-order valence-corrected chi connectivity index (χ4v) is 4.83. The van der Waals surface area contributed by atoms with E-state index in [4.69, 9.17) is 21.1 Å². The molecule has 0 unspecified atom stereocenters. The molecule has 37 heavy (non-hydrogen) atoms. The van der Waals surface area contributed by atoms with Crippen molar-refractivity contribution in [2.24, 2.45) is 0 Å². The van der Waals surface area contributed by atoms with Crippen LogP contribution in [0.3, 0.4) is 0 Å². The Morgan fingerprint density at radius 3 is 2.59 bits per heavy atom. The predicted octanol–water partition coefficient (Wildman–Crippen LogP) is 6.50. The minimum Gasteiger partial charge on any atom is -0.493 e. The van der Waals surface area contributed by atoms with Gasteiger partial charge in [-0.05, 0) is 53.7 Å². The molecule has 0 aromatic heterocycles. The van der Waals surface area contributed by atoms with Crippen LogP contribution in [-0.4, -0.2) is 35.6 Å². The van der Waals surface area contributed by atoms with Crippen molar-refractivity contribution in [3.05, 3.63) is 92.0 Å². The minimum atomic E-state index is -0.602. The highest BCUT2D eigenvalue weighted by atomic mass is 79.9. The zero-order valence-electron chi connectivity index (χ0n) is 19.3. The van der Waals surface area contributed by atoms with Gasteiger partial charge in [0, 0.05) is 10.0 Å². The highest BCUT2D eigenvalue weighted by Crippen LogP contribution is 2.38. The number of methoxy groups -OCH3 is 1. The number of nitrogens with one attached hydrogen (secondary N) is 1. The van der Waals surface area contributed by atoms with Gasteiger partial charge in [-0.3, -0.25) is 19.3 Å². The fraction of sp³-hybridized carbons (Fsp3) is 0.115. The summed E-state index contributed by atoms with van der Waals surface area (Å²) in [4.78, 5) is 38.8. The monoisotopic (exact) mass is 604 g/mol. The van der Waals surface area contributed by atoms with Crippen molar-refractivity contribution in [3.63, 3.8) is 0 Å². The standard InChI is InChI=1S/C26H19BrClFN2O5S/c1-35-21-10-16(17(27)12-22(21)36-14-15-6-2-4-8-19(15)29)11-23-25(33)31(26(34)37-23)13-24(32)30-20-9-5-3-7-18(20)28/h2-12H,13-14H2,1H3,(H,30,32)/b23-11+. The number of ether oxygens (including phenoxy) is 2. The number of thioether (sulfide) groups is 1. The number of anilines is 1. The molecule has 1 aliphatic rings. The summed E-state index contributed by atoms with van der Waals surface area (Å²) in [6.45, 7) is -0.468. The Balaban J connectivity index is 1.48. The van der Waals surface area contributed by atoms with Crippen molar-refractivity contribution in [3.8, 4) is 11.5 Å². The lowest BCUT2D eigenvalue weighted by Crippen LogP contribution is -2.36. The Labute approximate surface area is 229 Å². The first-order valence-corrected chi connectivity index (χ1v) is 12.8. The molecule has 0 aliphatic carbocycles. The Morgan fingerprint density at radius 1 is 1.14 bits per heavy atom. The number of benzene rings is 3. The van der Waals surface area contributed by atoms with Gasteiger partial charge in [0.05, 0.1) is 22.7 Å². The zero-order chi connectivity index (χ0) is 26.5. The van der Waals surface area contributed by atoms with Crippen LogP contribution in [0, 0.1) is 5.82 Å². The summed E-state index contributed by atoms with van der Waals surface area (Å²) in [5, 5.41) is 2.36. The third-order valence-corrected chi connectivity index (χ3v) is 7.16. The molecule has 0 saturated carbocycles. The molecule has 1 heterocycles. The van der Waals surface area contributed by atoms with Crippen LogP contribution in [-0.2, 0) is 16.2 Å². The second-order valence-corrected chi connectivity index (χ2v) is 9.96. The summed E-state index contributed by atoms with van der Waals surface area (Å²) >= 11 is 10.2. The van der Waals surface area contributed by atoms with Crippen molar-refractivity contribution in [1.29, 1.82) is 0 Å². The van der Waals surface area contributed by atoms with Gasteiger partial charge in [-0.1, -0.05) is 57.9 Å². The van der Waals surface area contributed by atoms with E-state index in [0.717, 1.165) is 16.7 Å². The number of amides is 3. The molecule has 3 aromatic rings. The SMILES string of the molecule is COc1cc(/C=C2/SC(=O)N(CC(=O)Nc3ccccc3Cl)C2=O)c(Br)cc1OCc1ccccc1F. The quantitative estimate of drug-likeness (QED) is 0.295. The molecule has 0 spiro atoms. The number of nitrogens with zero attached hydrogens (tertiary/aromatic N) is 1. The number of carbonyl (C=O) groups is 3. The average Bonchev–Trinajstić information content (AvgIpc) is 3.13. The second-order valence-electron chi connectivity index (χ2n) is 7.70. The number of hydrogen-bond donors (Lipinski definition) is 1. The van der Waals surface area contributed by atoms with Gasteiger partial charge >= 0.3 is 0 Å². The molecule has 1 aliphatic heterocycles. The van der Waals surface area contributed by atoms with Gasteiger partial charge in [0.15, 0.2) is 11.5 Å². The first-order chi connectivity index (χ1) is 17.8. The van der Waals surface area contributed by atoms with Crippen LogP contribution in [0.4, 0.5) is 14.9 Å². The van der Waals surface area contributed by atoms with Gasteiger partial charge in [0.2, 0.25) is 5.91 Å². The maximum atomic E-state index is 13.9. The van der Waals surface area contributed by atoms with Crippen LogP contribution < -0.4 is 14.8 Å². The smallest absolute Gasteiger partial charge is 0.294 e. The Bertz CT molecular complexity index is 1420. The van der Waals surface area contributed by atoms with Crippen LogP contribution in [0.15, 0.2) is 70.0 Å². The van der Waals surface area contributed by atoms with Crippen LogP contribution in [0.1, 0.15) is 11.1 Å². The largest absolute Gasteiger partial charge is 0.493 e. The third-order valence-electron chi connectivity index (χ3n) is 5.23. The van der Waals surface area contributed by atoms with Gasteiger partial charge in [-0.15, -0.1) is 0 Å². The summed E-state index contributed by atoms with van der Waals surface area (Å²) in [5.74, 6) is -0.831. The van der Waals surface area contributed by atoms with Gasteiger partial charge in [-0.25, -0.2) is 4.39 Å². The molecule has 7 nitrogen and oxygen atoms in total. The van der Waals surface area contributed by atoms with E-state index >= 15 is 0 Å². The van der Waals surface area contributed by atoms with E-state index in [0.29, 0.717) is 37.8 Å². The van der Waals surface area contributed by atoms with Gasteiger partial charge in [-0.2, -0.15) is 0 Å². The molecule has 1 fully saturated rings. The van der Waals surface area contributed by atoms with Gasteiger partial charge < -0.3 is 14.8 Å². The average molecular weight is 606 g/mol. The minimum absolute atomic E-state index is 0.00995. The lowest BCUT2D eigenvalue weighted by atomic mass is 10.1. The van der Waals surface area contributed by atoms with Crippen molar-refractivity contribution < 1.29 is 28.2 Å². The highest BCUT2D eigenvalue weighted by Gasteiger charge is 2.36. The van der Waals surface area contributed by atoms with Crippen LogP contribution >= 0.6 is 39.3 Å². The Morgan fingerprint density at radius 2 is 1.86 bits per heavy atom. The number of carbonyl (C=O) groups excluding carboxylic acids is 3. The molecule has 11 heteroatoms.